The molecule has 0 amide bonds. The number of aromatic nitrogens is 1. The van der Waals surface area contributed by atoms with Crippen molar-refractivity contribution in [2.75, 3.05) is 6.26 Å². The predicted octanol–water partition coefficient (Wildman–Crippen LogP) is 2.39. The van der Waals surface area contributed by atoms with E-state index in [1.807, 2.05) is 6.92 Å². The Kier molecular flexibility index (Phi) is 3.71. The van der Waals surface area contributed by atoms with Crippen molar-refractivity contribution in [3.8, 4) is 17.4 Å². The summed E-state index contributed by atoms with van der Waals surface area (Å²) in [6.07, 6.45) is 1.06. The Morgan fingerprint density at radius 2 is 1.90 bits per heavy atom. The molecular weight excluding hydrogens is 302 g/mol. The molecule has 0 saturated heterocycles. The van der Waals surface area contributed by atoms with Gasteiger partial charge in [0.2, 0.25) is 5.88 Å². The van der Waals surface area contributed by atoms with Crippen LogP contribution in [0.4, 0.5) is 0 Å². The molecule has 0 radical (unpaired) electrons. The van der Waals surface area contributed by atoms with Crippen molar-refractivity contribution >= 4 is 21.4 Å². The predicted molar refractivity (Wildman–Crippen MR) is 77.4 cm³/mol. The van der Waals surface area contributed by atoms with Crippen LogP contribution in [-0.4, -0.2) is 29.5 Å². The van der Waals surface area contributed by atoms with Gasteiger partial charge in [0.05, 0.1) is 16.5 Å². The Labute approximate surface area is 122 Å². The first-order valence-corrected chi connectivity index (χ1v) is 8.19. The standard InChI is InChI=1S/C13H14ClNO4S/c1-8-3-4-10(14)11(5-8)15-12(16)6-9(13(15)17)7-20(2,18)19/h3-6,16-17H,7H2,1-2H3. The zero-order valence-corrected chi connectivity index (χ0v) is 12.5. The summed E-state index contributed by atoms with van der Waals surface area (Å²) in [5, 5.41) is 20.4. The zero-order chi connectivity index (χ0) is 15.1. The molecule has 2 N–H and O–H groups in total. The van der Waals surface area contributed by atoms with E-state index in [-0.39, 0.29) is 23.1 Å². The van der Waals surface area contributed by atoms with E-state index in [0.717, 1.165) is 16.4 Å². The highest BCUT2D eigenvalue weighted by molar-refractivity contribution is 7.89. The van der Waals surface area contributed by atoms with Crippen molar-refractivity contribution in [1.29, 1.82) is 0 Å². The van der Waals surface area contributed by atoms with Gasteiger partial charge < -0.3 is 10.2 Å². The average molecular weight is 316 g/mol. The lowest BCUT2D eigenvalue weighted by atomic mass is 10.2. The molecular formula is C13H14ClNO4S. The second kappa shape index (κ2) is 5.03. The van der Waals surface area contributed by atoms with Crippen LogP contribution in [-0.2, 0) is 15.6 Å². The first kappa shape index (κ1) is 14.7. The highest BCUT2D eigenvalue weighted by atomic mass is 35.5. The number of halogens is 1. The summed E-state index contributed by atoms with van der Waals surface area (Å²) in [7, 11) is -3.32. The van der Waals surface area contributed by atoms with E-state index in [4.69, 9.17) is 11.6 Å². The van der Waals surface area contributed by atoms with Gasteiger partial charge in [0.25, 0.3) is 0 Å². The average Bonchev–Trinajstić information content (AvgIpc) is 2.56. The van der Waals surface area contributed by atoms with Crippen LogP contribution >= 0.6 is 11.6 Å². The Balaban J connectivity index is 2.61. The lowest BCUT2D eigenvalue weighted by Gasteiger charge is -2.10. The summed E-state index contributed by atoms with van der Waals surface area (Å²) in [6.45, 7) is 1.84. The number of nitrogens with zero attached hydrogens (tertiary/aromatic N) is 1. The smallest absolute Gasteiger partial charge is 0.203 e. The highest BCUT2D eigenvalue weighted by Gasteiger charge is 2.20. The molecule has 2 rings (SSSR count). The first-order valence-electron chi connectivity index (χ1n) is 5.76. The topological polar surface area (TPSA) is 79.5 Å². The maximum Gasteiger partial charge on any atom is 0.203 e. The molecule has 0 aliphatic rings. The molecule has 2 aromatic rings. The molecule has 0 bridgehead atoms. The number of sulfone groups is 1. The van der Waals surface area contributed by atoms with E-state index in [0.29, 0.717) is 10.7 Å². The normalized spacial score (nSPS) is 11.8. The molecule has 108 valence electrons. The summed E-state index contributed by atoms with van der Waals surface area (Å²) < 4.78 is 23.7. The molecule has 1 aromatic carbocycles. The lowest BCUT2D eigenvalue weighted by Crippen LogP contribution is -2.01. The van der Waals surface area contributed by atoms with Crippen molar-refractivity contribution < 1.29 is 18.6 Å². The molecule has 0 unspecified atom stereocenters. The minimum atomic E-state index is -3.32. The molecule has 20 heavy (non-hydrogen) atoms. The SMILES string of the molecule is Cc1ccc(Cl)c(-n2c(O)cc(CS(C)(=O)=O)c2O)c1. The van der Waals surface area contributed by atoms with E-state index < -0.39 is 9.84 Å². The van der Waals surface area contributed by atoms with Gasteiger partial charge in [-0.3, -0.25) is 0 Å². The molecule has 0 atom stereocenters. The molecule has 0 saturated carbocycles. The fourth-order valence-electron chi connectivity index (χ4n) is 1.96. The van der Waals surface area contributed by atoms with Gasteiger partial charge in [-0.2, -0.15) is 0 Å². The monoisotopic (exact) mass is 315 g/mol. The number of aryl methyl sites for hydroxylation is 1. The number of rotatable bonds is 3. The van der Waals surface area contributed by atoms with Crippen molar-refractivity contribution in [3.05, 3.63) is 40.4 Å². The van der Waals surface area contributed by atoms with E-state index in [1.165, 1.54) is 6.07 Å². The van der Waals surface area contributed by atoms with Gasteiger partial charge in [-0.05, 0) is 24.6 Å². The van der Waals surface area contributed by atoms with Crippen LogP contribution in [0.25, 0.3) is 5.69 Å². The van der Waals surface area contributed by atoms with E-state index in [1.54, 1.807) is 18.2 Å². The maximum atomic E-state index is 11.3. The van der Waals surface area contributed by atoms with Crippen LogP contribution in [0.2, 0.25) is 5.02 Å². The second-order valence-electron chi connectivity index (χ2n) is 4.71. The van der Waals surface area contributed by atoms with Crippen LogP contribution in [0.3, 0.4) is 0 Å². The van der Waals surface area contributed by atoms with Crippen LogP contribution < -0.4 is 0 Å². The molecule has 0 fully saturated rings. The van der Waals surface area contributed by atoms with Crippen molar-refractivity contribution in [3.63, 3.8) is 0 Å². The fourth-order valence-corrected chi connectivity index (χ4v) is 2.94. The van der Waals surface area contributed by atoms with E-state index in [9.17, 15) is 18.6 Å². The van der Waals surface area contributed by atoms with Gasteiger partial charge in [-0.15, -0.1) is 0 Å². The second-order valence-corrected chi connectivity index (χ2v) is 7.26. The van der Waals surface area contributed by atoms with Crippen molar-refractivity contribution in [2.45, 2.75) is 12.7 Å². The third-order valence-corrected chi connectivity index (χ3v) is 3.95. The maximum absolute atomic E-state index is 11.3. The number of aromatic hydroxyl groups is 2. The summed E-state index contributed by atoms with van der Waals surface area (Å²) in [6, 6.07) is 6.34. The molecule has 1 aromatic heterocycles. The van der Waals surface area contributed by atoms with E-state index >= 15 is 0 Å². The molecule has 1 heterocycles. The minimum Gasteiger partial charge on any atom is -0.494 e. The quantitative estimate of drug-likeness (QED) is 0.911. The summed E-state index contributed by atoms with van der Waals surface area (Å²) in [5.74, 6) is -0.961. The van der Waals surface area contributed by atoms with Crippen LogP contribution in [0.1, 0.15) is 11.1 Å². The van der Waals surface area contributed by atoms with Gasteiger partial charge in [-0.25, -0.2) is 13.0 Å². The molecule has 0 aliphatic heterocycles. The third kappa shape index (κ3) is 2.91. The Bertz CT molecular complexity index is 765. The number of hydrogen-bond acceptors (Lipinski definition) is 4. The highest BCUT2D eigenvalue weighted by Crippen LogP contribution is 2.35. The molecule has 0 spiro atoms. The van der Waals surface area contributed by atoms with Crippen LogP contribution in [0, 0.1) is 6.92 Å². The molecule has 0 aliphatic carbocycles. The number of benzene rings is 1. The van der Waals surface area contributed by atoms with Gasteiger partial charge in [0.15, 0.2) is 15.7 Å². The first-order chi connectivity index (χ1) is 9.19. The third-order valence-electron chi connectivity index (χ3n) is 2.79. The molecule has 7 heteroatoms. The summed E-state index contributed by atoms with van der Waals surface area (Å²) >= 11 is 6.06. The van der Waals surface area contributed by atoms with Gasteiger partial charge in [-0.1, -0.05) is 17.7 Å². The van der Waals surface area contributed by atoms with Crippen molar-refractivity contribution in [2.24, 2.45) is 0 Å². The Morgan fingerprint density at radius 1 is 1.25 bits per heavy atom. The fraction of sp³-hybridized carbons (Fsp3) is 0.231. The summed E-state index contributed by atoms with van der Waals surface area (Å²) in [5.41, 5.74) is 1.41. The summed E-state index contributed by atoms with van der Waals surface area (Å²) in [4.78, 5) is 0. The minimum absolute atomic E-state index is 0.127. The van der Waals surface area contributed by atoms with Gasteiger partial charge >= 0.3 is 0 Å². The van der Waals surface area contributed by atoms with Gasteiger partial charge in [0.1, 0.15) is 0 Å². The lowest BCUT2D eigenvalue weighted by molar-refractivity contribution is 0.401. The van der Waals surface area contributed by atoms with Crippen LogP contribution in [0.15, 0.2) is 24.3 Å². The molecule has 5 nitrogen and oxygen atoms in total. The largest absolute Gasteiger partial charge is 0.494 e. The van der Waals surface area contributed by atoms with Crippen molar-refractivity contribution in [1.82, 2.24) is 4.57 Å². The van der Waals surface area contributed by atoms with Crippen LogP contribution in [0.5, 0.6) is 11.8 Å². The Morgan fingerprint density at radius 3 is 2.50 bits per heavy atom. The number of hydrogen-bond donors (Lipinski definition) is 2. The van der Waals surface area contributed by atoms with Gasteiger partial charge in [0, 0.05) is 17.9 Å². The van der Waals surface area contributed by atoms with E-state index in [2.05, 4.69) is 0 Å². The Hall–Kier alpha value is -1.66. The zero-order valence-electron chi connectivity index (χ0n) is 11.0.